The second-order valence-electron chi connectivity index (χ2n) is 9.14. The summed E-state index contributed by atoms with van der Waals surface area (Å²) in [6.45, 7) is 8.62. The third-order valence-electron chi connectivity index (χ3n) is 4.60. The molecule has 178 valence electrons. The minimum atomic E-state index is -4.13. The molecule has 2 fully saturated rings. The first-order valence-corrected chi connectivity index (χ1v) is 11.6. The van der Waals surface area contributed by atoms with E-state index in [1.165, 1.54) is 0 Å². The van der Waals surface area contributed by atoms with Crippen molar-refractivity contribution in [3.8, 4) is 0 Å². The molecule has 12 heteroatoms. The molecule has 0 spiro atoms. The summed E-state index contributed by atoms with van der Waals surface area (Å²) in [7, 11) is -4.13. The van der Waals surface area contributed by atoms with Gasteiger partial charge in [0.25, 0.3) is 0 Å². The molecule has 0 aromatic heterocycles. The third-order valence-corrected chi connectivity index (χ3v) is 5.94. The van der Waals surface area contributed by atoms with E-state index in [2.05, 4.69) is 5.32 Å². The predicted molar refractivity (Wildman–Crippen MR) is 107 cm³/mol. The van der Waals surface area contributed by atoms with Crippen molar-refractivity contribution in [2.24, 2.45) is 10.8 Å². The number of hydrogen-bond acceptors (Lipinski definition) is 10. The van der Waals surface area contributed by atoms with Crippen LogP contribution in [-0.2, 0) is 46.7 Å². The highest BCUT2D eigenvalue weighted by Crippen LogP contribution is 2.57. The predicted octanol–water partition coefficient (Wildman–Crippen LogP) is 1.94. The summed E-state index contributed by atoms with van der Waals surface area (Å²) in [4.78, 5) is 36.2. The fraction of sp³-hybridized carbons (Fsp3) is 0.842. The Balaban J connectivity index is 1.83. The highest BCUT2D eigenvalue weighted by Gasteiger charge is 2.49. The lowest BCUT2D eigenvalue weighted by Crippen LogP contribution is -2.50. The first kappa shape index (κ1) is 25.7. The monoisotopic (exact) mass is 465 g/mol. The average molecular weight is 465 g/mol. The summed E-state index contributed by atoms with van der Waals surface area (Å²) in [6.07, 6.45) is -0.785. The molecule has 0 saturated carbocycles. The van der Waals surface area contributed by atoms with Gasteiger partial charge in [-0.05, 0) is 20.8 Å². The number of carbonyl (C=O) groups is 3. The number of phosphoric ester groups is 1. The smallest absolute Gasteiger partial charge is 0.460 e. The molecule has 1 amide bonds. The van der Waals surface area contributed by atoms with Crippen LogP contribution in [0.15, 0.2) is 0 Å². The molecule has 31 heavy (non-hydrogen) atoms. The number of ether oxygens (including phenoxy) is 3. The zero-order valence-electron chi connectivity index (χ0n) is 18.6. The SMILES string of the molecule is CC(C)(C)C(=O)OCOP1(=O)OCC(C)(C)[C@H](C(=O)NCCC(=O)OC2CCOC2)O1. The van der Waals surface area contributed by atoms with Gasteiger partial charge in [-0.15, -0.1) is 0 Å². The lowest BCUT2D eigenvalue weighted by molar-refractivity contribution is -0.163. The Morgan fingerprint density at radius 1 is 1.23 bits per heavy atom. The van der Waals surface area contributed by atoms with Gasteiger partial charge in [0, 0.05) is 18.4 Å². The van der Waals surface area contributed by atoms with Gasteiger partial charge in [0.15, 0.2) is 6.10 Å². The standard InChI is InChI=1S/C19H32NO10P/c1-18(2,3)17(23)26-12-28-31(24)27-11-19(4,5)15(30-31)16(22)20-8-6-14(21)29-13-7-9-25-10-13/h13,15H,6-12H2,1-5H3,(H,20,22)/t13?,15-,31?/m0/s1. The van der Waals surface area contributed by atoms with Crippen molar-refractivity contribution in [1.82, 2.24) is 5.32 Å². The van der Waals surface area contributed by atoms with E-state index in [4.69, 9.17) is 27.8 Å². The summed E-state index contributed by atoms with van der Waals surface area (Å²) in [6, 6.07) is 0. The lowest BCUT2D eigenvalue weighted by Gasteiger charge is -2.39. The van der Waals surface area contributed by atoms with Gasteiger partial charge in [-0.3, -0.25) is 23.4 Å². The zero-order chi connectivity index (χ0) is 23.3. The minimum absolute atomic E-state index is 0.0242. The van der Waals surface area contributed by atoms with Crippen molar-refractivity contribution in [3.05, 3.63) is 0 Å². The topological polar surface area (TPSA) is 136 Å². The average Bonchev–Trinajstić information content (AvgIpc) is 3.16. The van der Waals surface area contributed by atoms with E-state index in [9.17, 15) is 18.9 Å². The summed E-state index contributed by atoms with van der Waals surface area (Å²) in [5.41, 5.74) is -1.58. The number of rotatable bonds is 8. The van der Waals surface area contributed by atoms with Gasteiger partial charge in [-0.25, -0.2) is 9.09 Å². The van der Waals surface area contributed by atoms with E-state index < -0.39 is 49.4 Å². The van der Waals surface area contributed by atoms with Crippen LogP contribution in [0.1, 0.15) is 47.5 Å². The highest BCUT2D eigenvalue weighted by atomic mass is 31.2. The molecular weight excluding hydrogens is 433 g/mol. The van der Waals surface area contributed by atoms with Crippen LogP contribution >= 0.6 is 7.82 Å². The first-order valence-electron chi connectivity index (χ1n) is 10.1. The molecule has 2 aliphatic heterocycles. The molecule has 2 saturated heterocycles. The van der Waals surface area contributed by atoms with Crippen molar-refractivity contribution in [2.45, 2.75) is 59.7 Å². The fourth-order valence-corrected chi connectivity index (χ4v) is 4.19. The van der Waals surface area contributed by atoms with Crippen molar-refractivity contribution in [1.29, 1.82) is 0 Å². The molecule has 0 aromatic rings. The Hall–Kier alpha value is -1.52. The van der Waals surface area contributed by atoms with Crippen molar-refractivity contribution >= 4 is 25.7 Å². The normalized spacial score (nSPS) is 28.0. The molecule has 11 nitrogen and oxygen atoms in total. The van der Waals surface area contributed by atoms with Crippen LogP contribution in [-0.4, -0.2) is 63.2 Å². The van der Waals surface area contributed by atoms with Gasteiger partial charge >= 0.3 is 19.8 Å². The van der Waals surface area contributed by atoms with Crippen molar-refractivity contribution in [2.75, 3.05) is 33.2 Å². The first-order chi connectivity index (χ1) is 14.3. The maximum atomic E-state index is 12.7. The Kier molecular flexibility index (Phi) is 8.63. The Labute approximate surface area is 182 Å². The Bertz CT molecular complexity index is 711. The van der Waals surface area contributed by atoms with E-state index >= 15 is 0 Å². The molecule has 2 heterocycles. The minimum Gasteiger partial charge on any atom is -0.460 e. The molecule has 0 radical (unpaired) electrons. The van der Waals surface area contributed by atoms with E-state index in [1.807, 2.05) is 0 Å². The van der Waals surface area contributed by atoms with Crippen LogP contribution in [0.4, 0.5) is 0 Å². The van der Waals surface area contributed by atoms with Crippen molar-refractivity contribution < 1.29 is 46.7 Å². The number of nitrogens with one attached hydrogen (secondary N) is 1. The summed E-state index contributed by atoms with van der Waals surface area (Å²) >= 11 is 0. The van der Waals surface area contributed by atoms with E-state index in [0.717, 1.165) is 0 Å². The van der Waals surface area contributed by atoms with Gasteiger partial charge in [0.1, 0.15) is 6.10 Å². The van der Waals surface area contributed by atoms with Crippen LogP contribution in [0.5, 0.6) is 0 Å². The van der Waals surface area contributed by atoms with E-state index in [0.29, 0.717) is 19.6 Å². The molecule has 0 bridgehead atoms. The molecule has 0 aromatic carbocycles. The van der Waals surface area contributed by atoms with E-state index in [-0.39, 0.29) is 25.7 Å². The zero-order valence-corrected chi connectivity index (χ0v) is 19.5. The van der Waals surface area contributed by atoms with E-state index in [1.54, 1.807) is 34.6 Å². The number of esters is 2. The van der Waals surface area contributed by atoms with Crippen molar-refractivity contribution in [3.63, 3.8) is 0 Å². The molecule has 3 atom stereocenters. The largest absolute Gasteiger partial charge is 0.478 e. The van der Waals surface area contributed by atoms with Gasteiger partial charge in [0.05, 0.1) is 31.7 Å². The van der Waals surface area contributed by atoms with Crippen LogP contribution in [0, 0.1) is 10.8 Å². The summed E-state index contributed by atoms with van der Waals surface area (Å²) < 4.78 is 43.6. The molecule has 1 N–H and O–H groups in total. The van der Waals surface area contributed by atoms with Gasteiger partial charge < -0.3 is 19.5 Å². The fourth-order valence-electron chi connectivity index (χ4n) is 2.69. The number of carbonyl (C=O) groups excluding carboxylic acids is 3. The van der Waals surface area contributed by atoms with Crippen LogP contribution < -0.4 is 5.32 Å². The molecule has 2 aliphatic rings. The highest BCUT2D eigenvalue weighted by molar-refractivity contribution is 7.48. The Morgan fingerprint density at radius 2 is 1.94 bits per heavy atom. The van der Waals surface area contributed by atoms with Crippen LogP contribution in [0.2, 0.25) is 0 Å². The second kappa shape index (κ2) is 10.4. The third kappa shape index (κ3) is 7.84. The number of phosphoric acid groups is 1. The van der Waals surface area contributed by atoms with Gasteiger partial charge in [0.2, 0.25) is 12.7 Å². The van der Waals surface area contributed by atoms with Crippen LogP contribution in [0.25, 0.3) is 0 Å². The molecule has 2 unspecified atom stereocenters. The maximum Gasteiger partial charge on any atom is 0.478 e. The number of amides is 1. The molecular formula is C19H32NO10P. The lowest BCUT2D eigenvalue weighted by atomic mass is 9.87. The number of hydrogen-bond donors (Lipinski definition) is 1. The molecule has 2 rings (SSSR count). The Morgan fingerprint density at radius 3 is 2.55 bits per heavy atom. The summed E-state index contributed by atoms with van der Waals surface area (Å²) in [5, 5.41) is 2.58. The second-order valence-corrected chi connectivity index (χ2v) is 10.8. The van der Waals surface area contributed by atoms with Crippen LogP contribution in [0.3, 0.4) is 0 Å². The quantitative estimate of drug-likeness (QED) is 0.322. The van der Waals surface area contributed by atoms with Gasteiger partial charge in [-0.1, -0.05) is 13.8 Å². The molecule has 0 aliphatic carbocycles. The maximum absolute atomic E-state index is 12.7. The summed E-state index contributed by atoms with van der Waals surface area (Å²) in [5.74, 6) is -1.57. The van der Waals surface area contributed by atoms with Gasteiger partial charge in [-0.2, -0.15) is 0 Å².